The van der Waals surface area contributed by atoms with Crippen LogP contribution in [-0.2, 0) is 15.1 Å². The third-order valence-corrected chi connectivity index (χ3v) is 5.20. The predicted molar refractivity (Wildman–Crippen MR) is 103 cm³/mol. The fourth-order valence-electron chi connectivity index (χ4n) is 3.50. The molecule has 2 aromatic carbocycles. The molecule has 4 amide bonds. The maximum absolute atomic E-state index is 13.0. The Kier molecular flexibility index (Phi) is 4.62. The Balaban J connectivity index is 1.47. The Hall–Kier alpha value is -3.55. The molecule has 0 aromatic heterocycles. The van der Waals surface area contributed by atoms with Crippen molar-refractivity contribution in [1.82, 2.24) is 15.5 Å². The number of nitrogens with one attached hydrogen (secondary N) is 2. The zero-order valence-electron chi connectivity index (χ0n) is 16.1. The Morgan fingerprint density at radius 2 is 1.90 bits per heavy atom. The van der Waals surface area contributed by atoms with Gasteiger partial charge in [0.25, 0.3) is 5.91 Å². The lowest BCUT2D eigenvalue weighted by Gasteiger charge is -2.22. The van der Waals surface area contributed by atoms with Crippen LogP contribution in [-0.4, -0.2) is 36.1 Å². The smallest absolute Gasteiger partial charge is 0.325 e. The van der Waals surface area contributed by atoms with Gasteiger partial charge < -0.3 is 20.1 Å². The molecule has 2 atom stereocenters. The van der Waals surface area contributed by atoms with Crippen molar-refractivity contribution in [2.45, 2.75) is 25.4 Å². The van der Waals surface area contributed by atoms with Gasteiger partial charge in [0.2, 0.25) is 12.7 Å². The zero-order valence-corrected chi connectivity index (χ0v) is 16.1. The van der Waals surface area contributed by atoms with Gasteiger partial charge in [0.15, 0.2) is 11.5 Å². The highest BCUT2D eigenvalue weighted by atomic mass is 16.7. The van der Waals surface area contributed by atoms with E-state index in [9.17, 15) is 14.4 Å². The molecule has 2 N–H and O–H groups in total. The van der Waals surface area contributed by atoms with Crippen molar-refractivity contribution in [1.29, 1.82) is 0 Å². The number of benzene rings is 2. The number of carbonyl (C=O) groups excluding carboxylic acids is 3. The van der Waals surface area contributed by atoms with E-state index < -0.39 is 23.4 Å². The molecule has 2 aliphatic rings. The average Bonchev–Trinajstić information content (AvgIpc) is 3.27. The highest BCUT2D eigenvalue weighted by Crippen LogP contribution is 2.37. The van der Waals surface area contributed by atoms with Gasteiger partial charge in [-0.15, -0.1) is 0 Å². The molecule has 1 saturated heterocycles. The van der Waals surface area contributed by atoms with E-state index in [4.69, 9.17) is 9.47 Å². The zero-order chi connectivity index (χ0) is 20.6. The number of hydrogen-bond donors (Lipinski definition) is 2. The minimum atomic E-state index is -1.29. The van der Waals surface area contributed by atoms with E-state index in [1.54, 1.807) is 25.1 Å². The first-order valence-corrected chi connectivity index (χ1v) is 9.27. The van der Waals surface area contributed by atoms with Crippen LogP contribution in [0.25, 0.3) is 0 Å². The molecule has 2 heterocycles. The van der Waals surface area contributed by atoms with Crippen molar-refractivity contribution in [3.8, 4) is 11.5 Å². The average molecular weight is 395 g/mol. The third-order valence-electron chi connectivity index (χ3n) is 5.20. The minimum absolute atomic E-state index is 0.113. The highest BCUT2D eigenvalue weighted by molar-refractivity contribution is 6.09. The Morgan fingerprint density at radius 3 is 2.66 bits per heavy atom. The summed E-state index contributed by atoms with van der Waals surface area (Å²) >= 11 is 0. The number of carbonyl (C=O) groups is 3. The molecule has 2 aliphatic heterocycles. The lowest BCUT2D eigenvalue weighted by molar-refractivity contribution is -0.135. The van der Waals surface area contributed by atoms with Crippen LogP contribution in [0.4, 0.5) is 4.79 Å². The van der Waals surface area contributed by atoms with Crippen molar-refractivity contribution in [3.63, 3.8) is 0 Å². The van der Waals surface area contributed by atoms with Gasteiger partial charge in [0.1, 0.15) is 12.1 Å². The lowest BCUT2D eigenvalue weighted by atomic mass is 9.91. The van der Waals surface area contributed by atoms with Gasteiger partial charge in [-0.3, -0.25) is 14.5 Å². The molecule has 2 aromatic rings. The molecular weight excluding hydrogens is 374 g/mol. The van der Waals surface area contributed by atoms with Crippen LogP contribution >= 0.6 is 0 Å². The van der Waals surface area contributed by atoms with Crippen LogP contribution in [0.15, 0.2) is 48.5 Å². The van der Waals surface area contributed by atoms with Crippen LogP contribution in [0, 0.1) is 0 Å². The molecule has 0 aliphatic carbocycles. The lowest BCUT2D eigenvalue weighted by Crippen LogP contribution is -2.43. The molecule has 0 unspecified atom stereocenters. The Bertz CT molecular complexity index is 978. The summed E-state index contributed by atoms with van der Waals surface area (Å²) in [5, 5.41) is 5.50. The molecule has 8 heteroatoms. The summed E-state index contributed by atoms with van der Waals surface area (Å²) in [7, 11) is 0. The fraction of sp³-hybridized carbons (Fsp3) is 0.286. The topological polar surface area (TPSA) is 97.0 Å². The first kappa shape index (κ1) is 18.8. The van der Waals surface area contributed by atoms with Gasteiger partial charge in [-0.25, -0.2) is 4.79 Å². The van der Waals surface area contributed by atoms with E-state index >= 15 is 0 Å². The summed E-state index contributed by atoms with van der Waals surface area (Å²) in [5.74, 6) is 0.183. The minimum Gasteiger partial charge on any atom is -0.454 e. The van der Waals surface area contributed by atoms with Crippen LogP contribution in [0.3, 0.4) is 0 Å². The SMILES string of the molecule is C[C@H](NC(=O)CN1C(=O)N[C@@](C)(c2ccc3c(c2)OCO3)C1=O)c1ccccc1. The van der Waals surface area contributed by atoms with Gasteiger partial charge in [-0.05, 0) is 37.1 Å². The molecule has 0 spiro atoms. The van der Waals surface area contributed by atoms with Gasteiger partial charge in [-0.1, -0.05) is 36.4 Å². The molecule has 1 fully saturated rings. The van der Waals surface area contributed by atoms with Crippen molar-refractivity contribution in [3.05, 3.63) is 59.7 Å². The van der Waals surface area contributed by atoms with E-state index in [1.807, 2.05) is 37.3 Å². The summed E-state index contributed by atoms with van der Waals surface area (Å²) in [5.41, 5.74) is 0.201. The Morgan fingerprint density at radius 1 is 1.17 bits per heavy atom. The number of amides is 4. The molecule has 29 heavy (non-hydrogen) atoms. The number of nitrogens with zero attached hydrogens (tertiary/aromatic N) is 1. The van der Waals surface area contributed by atoms with Gasteiger partial charge in [0, 0.05) is 0 Å². The van der Waals surface area contributed by atoms with E-state index in [-0.39, 0.29) is 19.4 Å². The molecule has 0 bridgehead atoms. The second kappa shape index (κ2) is 7.12. The number of urea groups is 1. The van der Waals surface area contributed by atoms with Gasteiger partial charge >= 0.3 is 6.03 Å². The fourth-order valence-corrected chi connectivity index (χ4v) is 3.50. The van der Waals surface area contributed by atoms with Crippen LogP contribution in [0.2, 0.25) is 0 Å². The number of imide groups is 1. The molecular formula is C21H21N3O5. The summed E-state index contributed by atoms with van der Waals surface area (Å²) in [6.45, 7) is 3.20. The summed E-state index contributed by atoms with van der Waals surface area (Å²) < 4.78 is 10.6. The van der Waals surface area contributed by atoms with Crippen LogP contribution in [0.5, 0.6) is 11.5 Å². The van der Waals surface area contributed by atoms with Crippen LogP contribution in [0.1, 0.15) is 31.0 Å². The molecule has 150 valence electrons. The highest BCUT2D eigenvalue weighted by Gasteiger charge is 2.49. The van der Waals surface area contributed by atoms with Crippen molar-refractivity contribution in [2.75, 3.05) is 13.3 Å². The summed E-state index contributed by atoms with van der Waals surface area (Å²) in [6, 6.07) is 13.7. The molecule has 0 saturated carbocycles. The number of rotatable bonds is 5. The third kappa shape index (κ3) is 3.37. The van der Waals surface area contributed by atoms with E-state index in [0.717, 1.165) is 10.5 Å². The first-order chi connectivity index (χ1) is 13.9. The van der Waals surface area contributed by atoms with Crippen molar-refractivity contribution >= 4 is 17.8 Å². The predicted octanol–water partition coefficient (Wildman–Crippen LogP) is 2.06. The monoisotopic (exact) mass is 395 g/mol. The van der Waals surface area contributed by atoms with Crippen molar-refractivity contribution < 1.29 is 23.9 Å². The van der Waals surface area contributed by atoms with E-state index in [0.29, 0.717) is 17.1 Å². The summed E-state index contributed by atoms with van der Waals surface area (Å²) in [4.78, 5) is 38.9. The van der Waals surface area contributed by atoms with Crippen molar-refractivity contribution in [2.24, 2.45) is 0 Å². The summed E-state index contributed by atoms with van der Waals surface area (Å²) in [6.07, 6.45) is 0. The van der Waals surface area contributed by atoms with Gasteiger partial charge in [-0.2, -0.15) is 0 Å². The molecule has 0 radical (unpaired) electrons. The van der Waals surface area contributed by atoms with Crippen LogP contribution < -0.4 is 20.1 Å². The molecule has 4 rings (SSSR count). The number of hydrogen-bond acceptors (Lipinski definition) is 5. The largest absolute Gasteiger partial charge is 0.454 e. The van der Waals surface area contributed by atoms with E-state index in [1.165, 1.54) is 0 Å². The number of ether oxygens (including phenoxy) is 2. The quantitative estimate of drug-likeness (QED) is 0.756. The Labute approximate surface area is 167 Å². The molecule has 8 nitrogen and oxygen atoms in total. The first-order valence-electron chi connectivity index (χ1n) is 9.27. The second-order valence-electron chi connectivity index (χ2n) is 7.21. The maximum Gasteiger partial charge on any atom is 0.325 e. The number of fused-ring (bicyclic) bond motifs is 1. The maximum atomic E-state index is 13.0. The normalized spacial score (nSPS) is 21.1. The van der Waals surface area contributed by atoms with Gasteiger partial charge in [0.05, 0.1) is 6.04 Å². The standard InChI is InChI=1S/C21H21N3O5/c1-13(14-6-4-3-5-7-14)22-18(25)11-24-19(26)21(2,23-20(24)27)15-8-9-16-17(10-15)29-12-28-16/h3-10,13H,11-12H2,1-2H3,(H,22,25)(H,23,27)/t13-,21-/m0/s1. The second-order valence-corrected chi connectivity index (χ2v) is 7.21. The van der Waals surface area contributed by atoms with E-state index in [2.05, 4.69) is 10.6 Å².